The second kappa shape index (κ2) is 3.91. The molecule has 0 fully saturated rings. The molecular formula is C8H12N2O3S. The van der Waals surface area contributed by atoms with E-state index in [0.29, 0.717) is 6.42 Å². The Balaban J connectivity index is 2.84. The van der Waals surface area contributed by atoms with Crippen LogP contribution in [0.25, 0.3) is 0 Å². The molecule has 0 aliphatic carbocycles. The molecule has 0 atom stereocenters. The molecule has 5 nitrogen and oxygen atoms in total. The number of sulfone groups is 1. The highest BCUT2D eigenvalue weighted by Crippen LogP contribution is 2.06. The summed E-state index contributed by atoms with van der Waals surface area (Å²) in [6.07, 6.45) is 4.14. The molecule has 1 rings (SSSR count). The second-order valence-corrected chi connectivity index (χ2v) is 5.05. The zero-order chi connectivity index (χ0) is 10.8. The van der Waals surface area contributed by atoms with Crippen LogP contribution in [-0.4, -0.2) is 30.2 Å². The number of carbonyl (C=O) groups is 1. The molecule has 1 aromatic heterocycles. The van der Waals surface area contributed by atoms with Gasteiger partial charge in [0.1, 0.15) is 4.90 Å². The summed E-state index contributed by atoms with van der Waals surface area (Å²) in [7, 11) is -3.22. The van der Waals surface area contributed by atoms with Gasteiger partial charge in [-0.05, 0) is 0 Å². The predicted octanol–water partition coefficient (Wildman–Crippen LogP) is 0.266. The van der Waals surface area contributed by atoms with E-state index in [4.69, 9.17) is 0 Å². The van der Waals surface area contributed by atoms with Crippen molar-refractivity contribution in [1.29, 1.82) is 0 Å². The molecule has 0 aliphatic rings. The van der Waals surface area contributed by atoms with Gasteiger partial charge in [-0.3, -0.25) is 9.48 Å². The maximum absolute atomic E-state index is 11.1. The maximum atomic E-state index is 11.1. The molecular weight excluding hydrogens is 204 g/mol. The smallest absolute Gasteiger partial charge is 0.178 e. The van der Waals surface area contributed by atoms with Gasteiger partial charge in [0.2, 0.25) is 0 Å². The monoisotopic (exact) mass is 216 g/mol. The van der Waals surface area contributed by atoms with Gasteiger partial charge in [-0.2, -0.15) is 5.10 Å². The Bertz CT molecular complexity index is 433. The lowest BCUT2D eigenvalue weighted by Crippen LogP contribution is -2.08. The van der Waals surface area contributed by atoms with Crippen LogP contribution in [0.3, 0.4) is 0 Å². The summed E-state index contributed by atoms with van der Waals surface area (Å²) in [5.74, 6) is 0.0214. The van der Waals surface area contributed by atoms with Gasteiger partial charge < -0.3 is 0 Å². The minimum absolute atomic E-state index is 0.0214. The SMILES string of the molecule is CCC(=O)Cn1cc(S(C)(=O)=O)cn1. The molecule has 78 valence electrons. The van der Waals surface area contributed by atoms with Crippen LogP contribution in [0.1, 0.15) is 13.3 Å². The van der Waals surface area contributed by atoms with Crippen molar-refractivity contribution in [1.82, 2.24) is 9.78 Å². The second-order valence-electron chi connectivity index (χ2n) is 3.04. The Morgan fingerprint density at radius 1 is 1.57 bits per heavy atom. The fourth-order valence-corrected chi connectivity index (χ4v) is 1.47. The summed E-state index contributed by atoms with van der Waals surface area (Å²) in [6.45, 7) is 1.88. The first-order chi connectivity index (χ1) is 6.43. The van der Waals surface area contributed by atoms with Crippen molar-refractivity contribution in [2.75, 3.05) is 6.26 Å². The van der Waals surface area contributed by atoms with E-state index in [1.165, 1.54) is 17.1 Å². The molecule has 0 aromatic carbocycles. The van der Waals surface area contributed by atoms with Crippen LogP contribution in [0.4, 0.5) is 0 Å². The van der Waals surface area contributed by atoms with Crippen LogP contribution in [0.2, 0.25) is 0 Å². The number of hydrogen-bond donors (Lipinski definition) is 0. The number of aromatic nitrogens is 2. The molecule has 0 saturated carbocycles. The van der Waals surface area contributed by atoms with Crippen LogP contribution in [-0.2, 0) is 21.2 Å². The highest BCUT2D eigenvalue weighted by atomic mass is 32.2. The molecule has 0 radical (unpaired) electrons. The largest absolute Gasteiger partial charge is 0.298 e. The molecule has 1 heterocycles. The van der Waals surface area contributed by atoms with Crippen molar-refractivity contribution in [3.8, 4) is 0 Å². The van der Waals surface area contributed by atoms with E-state index in [1.54, 1.807) is 6.92 Å². The third-order valence-corrected chi connectivity index (χ3v) is 2.84. The molecule has 14 heavy (non-hydrogen) atoms. The number of hydrogen-bond acceptors (Lipinski definition) is 4. The van der Waals surface area contributed by atoms with Gasteiger partial charge in [0, 0.05) is 18.9 Å². The molecule has 0 aliphatic heterocycles. The van der Waals surface area contributed by atoms with Crippen LogP contribution in [0.15, 0.2) is 17.3 Å². The first kappa shape index (κ1) is 10.9. The lowest BCUT2D eigenvalue weighted by Gasteiger charge is -1.96. The fourth-order valence-electron chi connectivity index (χ4n) is 0.915. The van der Waals surface area contributed by atoms with Crippen molar-refractivity contribution >= 4 is 15.6 Å². The van der Waals surface area contributed by atoms with E-state index in [1.807, 2.05) is 0 Å². The van der Waals surface area contributed by atoms with E-state index < -0.39 is 9.84 Å². The summed E-state index contributed by atoms with van der Waals surface area (Å²) in [6, 6.07) is 0. The third kappa shape index (κ3) is 2.66. The van der Waals surface area contributed by atoms with Crippen LogP contribution in [0.5, 0.6) is 0 Å². The summed E-state index contributed by atoms with van der Waals surface area (Å²) in [5, 5.41) is 3.79. The quantitative estimate of drug-likeness (QED) is 0.724. The molecule has 0 amide bonds. The average Bonchev–Trinajstić information content (AvgIpc) is 2.51. The average molecular weight is 216 g/mol. The van der Waals surface area contributed by atoms with E-state index in [9.17, 15) is 13.2 Å². The maximum Gasteiger partial charge on any atom is 0.178 e. The molecule has 0 saturated heterocycles. The van der Waals surface area contributed by atoms with E-state index in [0.717, 1.165) is 6.26 Å². The fraction of sp³-hybridized carbons (Fsp3) is 0.500. The van der Waals surface area contributed by atoms with E-state index in [-0.39, 0.29) is 17.2 Å². The Morgan fingerprint density at radius 2 is 2.21 bits per heavy atom. The van der Waals surface area contributed by atoms with Gasteiger partial charge in [-0.15, -0.1) is 0 Å². The number of Topliss-reactive ketones (excluding diaryl/α,β-unsaturated/α-hetero) is 1. The normalized spacial score (nSPS) is 11.6. The molecule has 6 heteroatoms. The zero-order valence-electron chi connectivity index (χ0n) is 8.10. The molecule has 0 unspecified atom stereocenters. The van der Waals surface area contributed by atoms with Crippen LogP contribution >= 0.6 is 0 Å². The number of ketones is 1. The standard InChI is InChI=1S/C8H12N2O3S/c1-3-7(11)5-10-6-8(4-9-10)14(2,12)13/h4,6H,3,5H2,1-2H3. The van der Waals surface area contributed by atoms with Gasteiger partial charge in [0.25, 0.3) is 0 Å². The van der Waals surface area contributed by atoms with Crippen LogP contribution in [0, 0.1) is 0 Å². The lowest BCUT2D eigenvalue weighted by atomic mass is 10.3. The Kier molecular flexibility index (Phi) is 3.05. The Morgan fingerprint density at radius 3 is 2.64 bits per heavy atom. The van der Waals surface area contributed by atoms with Crippen molar-refractivity contribution in [2.24, 2.45) is 0 Å². The minimum atomic E-state index is -3.22. The summed E-state index contributed by atoms with van der Waals surface area (Å²) < 4.78 is 23.5. The van der Waals surface area contributed by atoms with Gasteiger partial charge in [0.05, 0.1) is 12.7 Å². The van der Waals surface area contributed by atoms with E-state index in [2.05, 4.69) is 5.10 Å². The minimum Gasteiger partial charge on any atom is -0.298 e. The van der Waals surface area contributed by atoms with Crippen molar-refractivity contribution < 1.29 is 13.2 Å². The van der Waals surface area contributed by atoms with Gasteiger partial charge in [0.15, 0.2) is 15.6 Å². The summed E-state index contributed by atoms with van der Waals surface area (Å²) in [4.78, 5) is 11.2. The predicted molar refractivity (Wildman–Crippen MR) is 50.6 cm³/mol. The van der Waals surface area contributed by atoms with Crippen molar-refractivity contribution in [3.05, 3.63) is 12.4 Å². The van der Waals surface area contributed by atoms with Crippen molar-refractivity contribution in [3.63, 3.8) is 0 Å². The first-order valence-corrected chi connectivity index (χ1v) is 6.07. The Labute approximate surface area is 82.7 Å². The van der Waals surface area contributed by atoms with E-state index >= 15 is 0 Å². The third-order valence-electron chi connectivity index (χ3n) is 1.77. The molecule has 0 spiro atoms. The molecule has 0 N–H and O–H groups in total. The highest BCUT2D eigenvalue weighted by molar-refractivity contribution is 7.90. The van der Waals surface area contributed by atoms with Gasteiger partial charge in [-0.1, -0.05) is 6.92 Å². The van der Waals surface area contributed by atoms with Crippen LogP contribution < -0.4 is 0 Å². The molecule has 0 bridgehead atoms. The number of nitrogens with zero attached hydrogens (tertiary/aromatic N) is 2. The summed E-state index contributed by atoms with van der Waals surface area (Å²) >= 11 is 0. The highest BCUT2D eigenvalue weighted by Gasteiger charge is 2.10. The lowest BCUT2D eigenvalue weighted by molar-refractivity contribution is -0.119. The topological polar surface area (TPSA) is 69.0 Å². The summed E-state index contributed by atoms with van der Waals surface area (Å²) in [5.41, 5.74) is 0. The first-order valence-electron chi connectivity index (χ1n) is 4.17. The number of rotatable bonds is 4. The van der Waals surface area contributed by atoms with Crippen molar-refractivity contribution in [2.45, 2.75) is 24.8 Å². The van der Waals surface area contributed by atoms with Gasteiger partial charge in [-0.25, -0.2) is 8.42 Å². The Hall–Kier alpha value is -1.17. The molecule has 1 aromatic rings. The zero-order valence-corrected chi connectivity index (χ0v) is 8.91. The number of carbonyl (C=O) groups excluding carboxylic acids is 1. The van der Waals surface area contributed by atoms with Gasteiger partial charge >= 0.3 is 0 Å².